The fourth-order valence-corrected chi connectivity index (χ4v) is 4.12. The summed E-state index contributed by atoms with van der Waals surface area (Å²) in [6.07, 6.45) is 0. The van der Waals surface area contributed by atoms with Crippen LogP contribution in [0.2, 0.25) is 0 Å². The smallest absolute Gasteiger partial charge is 0.322 e. The Kier molecular flexibility index (Phi) is 8.29. The van der Waals surface area contributed by atoms with E-state index in [0.29, 0.717) is 60.3 Å². The van der Waals surface area contributed by atoms with Gasteiger partial charge in [0.05, 0.1) is 46.6 Å². The number of carbonyl (C=O) groups excluding carboxylic acids is 1. The summed E-state index contributed by atoms with van der Waals surface area (Å²) in [5.74, 6) is 1.79. The molecule has 10 nitrogen and oxygen atoms in total. The SMILES string of the molecule is COc1ccc(NC(=O)N(CCN2CCOCC2)Cc2cc3cc(OC)c(OC)cc3[nH]c2=O)cc1. The van der Waals surface area contributed by atoms with E-state index in [1.165, 1.54) is 0 Å². The topological polar surface area (TPSA) is 105 Å². The molecule has 10 heteroatoms. The minimum absolute atomic E-state index is 0.145. The second kappa shape index (κ2) is 11.8. The van der Waals surface area contributed by atoms with Crippen LogP contribution in [0.5, 0.6) is 17.2 Å². The Morgan fingerprint density at radius 1 is 1.03 bits per heavy atom. The Hall–Kier alpha value is -3.76. The number of morpholine rings is 1. The fraction of sp³-hybridized carbons (Fsp3) is 0.385. The first-order valence-corrected chi connectivity index (χ1v) is 11.8. The van der Waals surface area contributed by atoms with Crippen LogP contribution < -0.4 is 25.1 Å². The molecule has 1 aromatic heterocycles. The first kappa shape index (κ1) is 25.3. The van der Waals surface area contributed by atoms with Crippen molar-refractivity contribution in [1.82, 2.24) is 14.8 Å². The number of pyridine rings is 1. The van der Waals surface area contributed by atoms with E-state index in [4.69, 9.17) is 18.9 Å². The number of carbonyl (C=O) groups is 1. The monoisotopic (exact) mass is 496 g/mol. The molecule has 36 heavy (non-hydrogen) atoms. The minimum Gasteiger partial charge on any atom is -0.497 e. The standard InChI is InChI=1S/C26H32N4O6/c1-33-21-6-4-20(5-7-21)27-26(32)30(9-8-29-10-12-36-13-11-29)17-19-14-18-15-23(34-2)24(35-3)16-22(18)28-25(19)31/h4-7,14-16H,8-13,17H2,1-3H3,(H,27,32)(H,28,31). The average Bonchev–Trinajstić information content (AvgIpc) is 2.91. The summed E-state index contributed by atoms with van der Waals surface area (Å²) in [5, 5.41) is 3.71. The number of fused-ring (bicyclic) bond motifs is 1. The molecule has 2 amide bonds. The zero-order chi connectivity index (χ0) is 25.5. The van der Waals surface area contributed by atoms with Crippen molar-refractivity contribution in [2.24, 2.45) is 0 Å². The third-order valence-corrected chi connectivity index (χ3v) is 6.20. The van der Waals surface area contributed by atoms with E-state index < -0.39 is 0 Å². The van der Waals surface area contributed by atoms with Gasteiger partial charge in [-0.05, 0) is 36.4 Å². The van der Waals surface area contributed by atoms with Crippen LogP contribution >= 0.6 is 0 Å². The van der Waals surface area contributed by atoms with E-state index in [0.717, 1.165) is 18.5 Å². The molecule has 1 fully saturated rings. The van der Waals surface area contributed by atoms with E-state index in [2.05, 4.69) is 15.2 Å². The number of anilines is 1. The number of rotatable bonds is 9. The maximum atomic E-state index is 13.3. The second-order valence-electron chi connectivity index (χ2n) is 8.45. The van der Waals surface area contributed by atoms with Crippen molar-refractivity contribution < 1.29 is 23.7 Å². The molecule has 3 aromatic rings. The molecule has 2 heterocycles. The van der Waals surface area contributed by atoms with Gasteiger partial charge in [0.15, 0.2) is 11.5 Å². The lowest BCUT2D eigenvalue weighted by Crippen LogP contribution is -2.44. The molecule has 0 bridgehead atoms. The van der Waals surface area contributed by atoms with Crippen LogP contribution in [0.4, 0.5) is 10.5 Å². The van der Waals surface area contributed by atoms with Crippen molar-refractivity contribution in [1.29, 1.82) is 0 Å². The number of amides is 2. The van der Waals surface area contributed by atoms with Crippen LogP contribution in [-0.2, 0) is 11.3 Å². The normalized spacial score (nSPS) is 13.9. The van der Waals surface area contributed by atoms with E-state index in [1.807, 2.05) is 6.07 Å². The van der Waals surface area contributed by atoms with Crippen molar-refractivity contribution in [3.63, 3.8) is 0 Å². The lowest BCUT2D eigenvalue weighted by atomic mass is 10.1. The average molecular weight is 497 g/mol. The molecule has 1 saturated heterocycles. The highest BCUT2D eigenvalue weighted by Crippen LogP contribution is 2.31. The quantitative estimate of drug-likeness (QED) is 0.469. The van der Waals surface area contributed by atoms with Crippen molar-refractivity contribution in [3.05, 3.63) is 58.4 Å². The maximum Gasteiger partial charge on any atom is 0.322 e. The first-order valence-electron chi connectivity index (χ1n) is 11.8. The summed E-state index contributed by atoms with van der Waals surface area (Å²) in [7, 11) is 4.70. The van der Waals surface area contributed by atoms with Crippen LogP contribution in [0.1, 0.15) is 5.56 Å². The van der Waals surface area contributed by atoms with Crippen LogP contribution in [0, 0.1) is 0 Å². The van der Waals surface area contributed by atoms with Crippen molar-refractivity contribution in [3.8, 4) is 17.2 Å². The van der Waals surface area contributed by atoms with Gasteiger partial charge in [-0.2, -0.15) is 0 Å². The van der Waals surface area contributed by atoms with Gasteiger partial charge >= 0.3 is 6.03 Å². The van der Waals surface area contributed by atoms with E-state index >= 15 is 0 Å². The maximum absolute atomic E-state index is 13.3. The highest BCUT2D eigenvalue weighted by atomic mass is 16.5. The lowest BCUT2D eigenvalue weighted by molar-refractivity contribution is 0.0349. The summed E-state index contributed by atoms with van der Waals surface area (Å²) in [4.78, 5) is 33.1. The summed E-state index contributed by atoms with van der Waals surface area (Å²) in [6.45, 7) is 4.24. The van der Waals surface area contributed by atoms with Crippen LogP contribution in [0.3, 0.4) is 0 Å². The number of nitrogens with zero attached hydrogens (tertiary/aromatic N) is 2. The van der Waals surface area contributed by atoms with Crippen LogP contribution in [0.15, 0.2) is 47.3 Å². The summed E-state index contributed by atoms with van der Waals surface area (Å²) >= 11 is 0. The van der Waals surface area contributed by atoms with Gasteiger partial charge in [-0.25, -0.2) is 4.79 Å². The molecule has 2 N–H and O–H groups in total. The third kappa shape index (κ3) is 6.07. The Bertz CT molecular complexity index is 1240. The second-order valence-corrected chi connectivity index (χ2v) is 8.45. The summed E-state index contributed by atoms with van der Waals surface area (Å²) in [6, 6.07) is 12.2. The molecule has 0 spiro atoms. The molecule has 0 atom stereocenters. The number of methoxy groups -OCH3 is 3. The van der Waals surface area contributed by atoms with Gasteiger partial charge in [-0.1, -0.05) is 0 Å². The predicted octanol–water partition coefficient (Wildman–Crippen LogP) is 2.92. The molecular weight excluding hydrogens is 464 g/mol. The number of hydrogen-bond acceptors (Lipinski definition) is 7. The van der Waals surface area contributed by atoms with E-state index in [9.17, 15) is 9.59 Å². The molecule has 0 saturated carbocycles. The zero-order valence-electron chi connectivity index (χ0n) is 20.8. The van der Waals surface area contributed by atoms with Crippen molar-refractivity contribution >= 4 is 22.6 Å². The van der Waals surface area contributed by atoms with Gasteiger partial charge in [-0.15, -0.1) is 0 Å². The Balaban J connectivity index is 1.58. The number of benzene rings is 2. The molecule has 4 rings (SSSR count). The van der Waals surface area contributed by atoms with E-state index in [-0.39, 0.29) is 18.1 Å². The van der Waals surface area contributed by atoms with Gasteiger partial charge in [0.25, 0.3) is 5.56 Å². The Morgan fingerprint density at radius 2 is 1.72 bits per heavy atom. The van der Waals surface area contributed by atoms with Crippen molar-refractivity contribution in [2.45, 2.75) is 6.54 Å². The largest absolute Gasteiger partial charge is 0.497 e. The number of aromatic amines is 1. The predicted molar refractivity (Wildman–Crippen MR) is 137 cm³/mol. The molecule has 0 radical (unpaired) electrons. The molecule has 2 aromatic carbocycles. The molecule has 192 valence electrons. The van der Waals surface area contributed by atoms with Crippen LogP contribution in [0.25, 0.3) is 10.9 Å². The number of aromatic nitrogens is 1. The number of H-pyrrole nitrogens is 1. The van der Waals surface area contributed by atoms with Crippen molar-refractivity contribution in [2.75, 3.05) is 66.0 Å². The first-order chi connectivity index (χ1) is 17.5. The van der Waals surface area contributed by atoms with E-state index in [1.54, 1.807) is 62.6 Å². The van der Waals surface area contributed by atoms with Gasteiger partial charge < -0.3 is 34.1 Å². The third-order valence-electron chi connectivity index (χ3n) is 6.20. The fourth-order valence-electron chi connectivity index (χ4n) is 4.12. The summed E-state index contributed by atoms with van der Waals surface area (Å²) in [5.41, 5.74) is 1.48. The lowest BCUT2D eigenvalue weighted by Gasteiger charge is -2.30. The van der Waals surface area contributed by atoms with Gasteiger partial charge in [0, 0.05) is 48.9 Å². The zero-order valence-corrected chi connectivity index (χ0v) is 20.8. The molecular formula is C26H32N4O6. The number of urea groups is 1. The van der Waals surface area contributed by atoms with Crippen LogP contribution in [-0.4, -0.2) is 81.5 Å². The Labute approximate surface area is 209 Å². The summed E-state index contributed by atoms with van der Waals surface area (Å²) < 4.78 is 21.4. The van der Waals surface area contributed by atoms with Gasteiger partial charge in [0.2, 0.25) is 0 Å². The number of ether oxygens (including phenoxy) is 4. The molecule has 1 aliphatic heterocycles. The van der Waals surface area contributed by atoms with Gasteiger partial charge in [0.1, 0.15) is 5.75 Å². The Morgan fingerprint density at radius 3 is 2.39 bits per heavy atom. The number of nitrogens with one attached hydrogen (secondary N) is 2. The molecule has 0 aliphatic carbocycles. The number of hydrogen-bond donors (Lipinski definition) is 2. The highest BCUT2D eigenvalue weighted by molar-refractivity contribution is 5.89. The minimum atomic E-state index is -0.291. The van der Waals surface area contributed by atoms with Gasteiger partial charge in [-0.3, -0.25) is 9.69 Å². The molecule has 0 unspecified atom stereocenters. The highest BCUT2D eigenvalue weighted by Gasteiger charge is 2.19. The molecule has 1 aliphatic rings.